The first-order chi connectivity index (χ1) is 35.6. The Morgan fingerprint density at radius 1 is 0.947 bits per heavy atom. The van der Waals surface area contributed by atoms with Crippen molar-refractivity contribution >= 4 is 35.1 Å². The second kappa shape index (κ2) is 25.5. The quantitative estimate of drug-likeness (QED) is 0.116. The second-order valence-electron chi connectivity index (χ2n) is 22.4. The van der Waals surface area contributed by atoms with Crippen molar-refractivity contribution in [1.82, 2.24) is 10.2 Å². The summed E-state index contributed by atoms with van der Waals surface area (Å²) in [6, 6.07) is 3.96. The Hall–Kier alpha value is -3.91. The minimum Gasteiger partial charge on any atom is -0.459 e. The number of hydrogen-bond donors (Lipinski definition) is 6. The number of benzene rings is 1. The lowest BCUT2D eigenvalue weighted by Crippen LogP contribution is -2.61. The van der Waals surface area contributed by atoms with Crippen molar-refractivity contribution in [3.05, 3.63) is 36.2 Å². The van der Waals surface area contributed by atoms with E-state index in [1.165, 1.54) is 44.9 Å². The molecule has 5 saturated heterocycles. The van der Waals surface area contributed by atoms with Gasteiger partial charge in [0.2, 0.25) is 5.91 Å². The van der Waals surface area contributed by atoms with Gasteiger partial charge in [0.25, 0.3) is 0 Å². The number of ketones is 1. The molecule has 0 radical (unpaired) electrons. The number of aliphatic hydroxyl groups is 5. The number of nitrogens with one attached hydrogen (secondary N) is 1. The molecule has 430 valence electrons. The Kier molecular flexibility index (Phi) is 20.5. The number of carbonyl (C=O) groups excluding carboxylic acids is 4. The summed E-state index contributed by atoms with van der Waals surface area (Å²) in [7, 11) is 3.21. The van der Waals surface area contributed by atoms with Gasteiger partial charge in [-0.05, 0) is 86.1 Å². The average molecular weight is 1080 g/mol. The van der Waals surface area contributed by atoms with E-state index < -0.39 is 144 Å². The molecular weight excluding hydrogens is 996 g/mol. The third kappa shape index (κ3) is 13.9. The molecule has 6 N–H and O–H groups in total. The lowest BCUT2D eigenvalue weighted by Gasteiger charge is -2.49. The summed E-state index contributed by atoms with van der Waals surface area (Å²) in [4.78, 5) is 59.3. The number of hydrogen-bond acceptors (Lipinski definition) is 19. The molecule has 0 aliphatic carbocycles. The van der Waals surface area contributed by atoms with E-state index in [2.05, 4.69) is 5.32 Å². The number of rotatable bonds is 14. The number of ether oxygens (including phenoxy) is 8. The normalized spacial score (nSPS) is 40.5. The molecule has 0 aromatic heterocycles. The van der Waals surface area contributed by atoms with Gasteiger partial charge in [-0.2, -0.15) is 0 Å². The third-order valence-electron chi connectivity index (χ3n) is 16.4. The minimum absolute atomic E-state index is 0.00221. The first-order valence-corrected chi connectivity index (χ1v) is 26.8. The zero-order valence-electron chi connectivity index (χ0n) is 46.3. The lowest BCUT2D eigenvalue weighted by atomic mass is 9.74. The summed E-state index contributed by atoms with van der Waals surface area (Å²) in [5.74, 6) is -6.43. The van der Waals surface area contributed by atoms with Crippen molar-refractivity contribution in [1.29, 1.82) is 0 Å². The van der Waals surface area contributed by atoms with Crippen LogP contribution < -0.4 is 15.1 Å². The summed E-state index contributed by atoms with van der Waals surface area (Å²) in [5, 5.41) is 61.9. The molecule has 0 saturated carbocycles. The number of nitrogens with zero attached hydrogens (tertiary/aromatic N) is 3. The Morgan fingerprint density at radius 3 is 2.28 bits per heavy atom. The van der Waals surface area contributed by atoms with Crippen LogP contribution in [0.1, 0.15) is 94.9 Å². The van der Waals surface area contributed by atoms with Crippen LogP contribution in [0.4, 0.5) is 20.6 Å². The zero-order chi connectivity index (χ0) is 56.2. The molecule has 5 aliphatic rings. The predicted molar refractivity (Wildman–Crippen MR) is 274 cm³/mol. The second-order valence-corrected chi connectivity index (χ2v) is 22.4. The fraction of sp³-hybridized carbons (Fsp3) is 0.778. The van der Waals surface area contributed by atoms with Crippen LogP contribution in [-0.4, -0.2) is 205 Å². The molecule has 19 atom stereocenters. The lowest BCUT2D eigenvalue weighted by molar-refractivity contribution is -0.318. The van der Waals surface area contributed by atoms with E-state index >= 15 is 4.39 Å². The highest BCUT2D eigenvalue weighted by Crippen LogP contribution is 2.41. The fourth-order valence-corrected chi connectivity index (χ4v) is 11.6. The van der Waals surface area contributed by atoms with Crippen LogP contribution in [0.2, 0.25) is 0 Å². The first-order valence-electron chi connectivity index (χ1n) is 26.8. The Labute approximate surface area is 446 Å². The van der Waals surface area contributed by atoms with E-state index in [1.54, 1.807) is 73.7 Å². The number of aliphatic hydroxyl groups excluding tert-OH is 3. The van der Waals surface area contributed by atoms with Crippen LogP contribution in [0.25, 0.3) is 0 Å². The van der Waals surface area contributed by atoms with Crippen molar-refractivity contribution in [2.45, 2.75) is 185 Å². The number of Topliss-reactive ketones (excluding diaryl/α,β-unsaturated/α-hetero) is 1. The van der Waals surface area contributed by atoms with Crippen LogP contribution in [0.15, 0.2) is 30.4 Å². The molecule has 1 aromatic rings. The number of amides is 2. The van der Waals surface area contributed by atoms with E-state index in [0.717, 1.165) is 0 Å². The van der Waals surface area contributed by atoms with E-state index in [4.69, 9.17) is 37.9 Å². The number of cyclic esters (lactones) is 2. The van der Waals surface area contributed by atoms with Gasteiger partial charge in [-0.1, -0.05) is 33.8 Å². The standard InChI is InChI=1S/C54H85FN4O17/c1-13-40-54(10,68)46(63)31(4)43(61)29(2)25-52(8,67)48(32(5)45(33(6)49(65)74-40)75-42-26-53(9,69-12)47(64)34(7)72-42)76-50-44(62)39(23-30(3)71-50)57(11)18-14-15-41(60)56-27-36-28-59(51(66)73-36)35-16-17-38(37(55)24-35)58-19-21-70-22-20-58/h14-17,24,29-34,36,39-40,42,44-48,50,62-64,67-68H,13,18-23,25-28H2,1-12H3,(H,56,60)/b15-14-/t29-,30-,31+,32+,33-,34+,36+,39+,40-,42-,44-,45+,46-,47+,48-,50+,52-,53-,54-/m1/s1. The summed E-state index contributed by atoms with van der Waals surface area (Å²) >= 11 is 0. The third-order valence-corrected chi connectivity index (χ3v) is 16.4. The van der Waals surface area contributed by atoms with Crippen molar-refractivity contribution < 1.29 is 87.0 Å². The maximum absolute atomic E-state index is 15.2. The van der Waals surface area contributed by atoms with Gasteiger partial charge in [-0.3, -0.25) is 24.2 Å². The molecule has 22 heteroatoms. The van der Waals surface area contributed by atoms with E-state index in [9.17, 15) is 44.7 Å². The molecule has 5 fully saturated rings. The number of carbonyl (C=O) groups is 4. The molecule has 0 unspecified atom stereocenters. The van der Waals surface area contributed by atoms with Gasteiger partial charge in [0.15, 0.2) is 12.6 Å². The Balaban J connectivity index is 1.17. The summed E-state index contributed by atoms with van der Waals surface area (Å²) in [5.41, 5.74) is -4.36. The van der Waals surface area contributed by atoms with E-state index in [0.29, 0.717) is 44.1 Å². The van der Waals surface area contributed by atoms with Crippen LogP contribution in [0.5, 0.6) is 0 Å². The highest BCUT2D eigenvalue weighted by atomic mass is 19.1. The van der Waals surface area contributed by atoms with Crippen LogP contribution in [0, 0.1) is 29.5 Å². The number of anilines is 2. The molecule has 0 spiro atoms. The smallest absolute Gasteiger partial charge is 0.414 e. The van der Waals surface area contributed by atoms with Gasteiger partial charge in [-0.15, -0.1) is 0 Å². The summed E-state index contributed by atoms with van der Waals surface area (Å²) < 4.78 is 63.6. The van der Waals surface area contributed by atoms with Gasteiger partial charge in [-0.25, -0.2) is 9.18 Å². The molecule has 5 aliphatic heterocycles. The number of morpholine rings is 1. The van der Waals surface area contributed by atoms with Crippen molar-refractivity contribution in [2.24, 2.45) is 23.7 Å². The molecule has 5 heterocycles. The molecule has 21 nitrogen and oxygen atoms in total. The van der Waals surface area contributed by atoms with Gasteiger partial charge >= 0.3 is 12.1 Å². The average Bonchev–Trinajstić information content (AvgIpc) is 3.76. The number of likely N-dealkylation sites (N-methyl/N-ethyl adjacent to an activating group) is 1. The van der Waals surface area contributed by atoms with Crippen LogP contribution in [-0.2, 0) is 52.3 Å². The SMILES string of the molecule is CC[C@H]1OC(=O)[C@H](C)[C@@H](O[C@@H]2C[C@@](C)(OC)[C@@H](O)[C@H](C)O2)[C@H](C)[C@@H](O[C@@H]2O[C@H](C)C[C@H](N(C)C/C=C\C(=O)NC[C@H]3CN(c4ccc(N5CCOCC5)c(F)c4)C(=O)O3)[C@H]2O)[C@](C)(O)C[C@@H](C)C(=O)[C@H](C)[C@@H](O)[C@]1(C)O. The number of methoxy groups -OCH3 is 1. The molecule has 2 amide bonds. The van der Waals surface area contributed by atoms with Gasteiger partial charge in [0.05, 0.1) is 85.3 Å². The highest BCUT2D eigenvalue weighted by molar-refractivity contribution is 5.90. The maximum Gasteiger partial charge on any atom is 0.414 e. The maximum atomic E-state index is 15.2. The Morgan fingerprint density at radius 2 is 1.63 bits per heavy atom. The first kappa shape index (κ1) is 61.3. The van der Waals surface area contributed by atoms with Gasteiger partial charge in [0, 0.05) is 63.0 Å². The number of esters is 1. The zero-order valence-corrected chi connectivity index (χ0v) is 46.3. The molecule has 76 heavy (non-hydrogen) atoms. The highest BCUT2D eigenvalue weighted by Gasteiger charge is 2.54. The van der Waals surface area contributed by atoms with E-state index in [1.807, 2.05) is 9.80 Å². The van der Waals surface area contributed by atoms with E-state index in [-0.39, 0.29) is 38.9 Å². The van der Waals surface area contributed by atoms with Crippen LogP contribution >= 0.6 is 0 Å². The number of halogens is 1. The topological polar surface area (TPSA) is 265 Å². The van der Waals surface area contributed by atoms with Crippen molar-refractivity contribution in [2.75, 3.05) is 69.9 Å². The summed E-state index contributed by atoms with van der Waals surface area (Å²) in [6.45, 7) is 18.3. The van der Waals surface area contributed by atoms with Gasteiger partial charge in [0.1, 0.15) is 41.6 Å². The fourth-order valence-electron chi connectivity index (χ4n) is 11.6. The molecule has 0 bridgehead atoms. The van der Waals surface area contributed by atoms with Crippen LogP contribution in [0.3, 0.4) is 0 Å². The molecule has 6 rings (SSSR count). The predicted octanol–water partition coefficient (Wildman–Crippen LogP) is 2.83. The summed E-state index contributed by atoms with van der Waals surface area (Å²) in [6.07, 6.45) is -9.79. The molecular formula is C54H85FN4O17. The van der Waals surface area contributed by atoms with Crippen molar-refractivity contribution in [3.63, 3.8) is 0 Å². The minimum atomic E-state index is -2.06. The van der Waals surface area contributed by atoms with Crippen molar-refractivity contribution in [3.8, 4) is 0 Å². The largest absolute Gasteiger partial charge is 0.459 e. The Bertz CT molecular complexity index is 2180. The molecule has 1 aromatic carbocycles. The monoisotopic (exact) mass is 1080 g/mol. The van der Waals surface area contributed by atoms with Gasteiger partial charge < -0.3 is 73.6 Å².